The van der Waals surface area contributed by atoms with Crippen LogP contribution in [0.3, 0.4) is 0 Å². The Morgan fingerprint density at radius 1 is 0.895 bits per heavy atom. The zero-order valence-corrected chi connectivity index (χ0v) is 22.9. The number of fused-ring (bicyclic) bond motifs is 2. The molecule has 1 amide bonds. The van der Waals surface area contributed by atoms with Crippen LogP contribution >= 0.6 is 31.9 Å². The fourth-order valence-corrected chi connectivity index (χ4v) is 4.82. The summed E-state index contributed by atoms with van der Waals surface area (Å²) in [6.45, 7) is 0. The third-order valence-corrected chi connectivity index (χ3v) is 6.97. The first-order valence-corrected chi connectivity index (χ1v) is 13.2. The molecule has 0 unspecified atom stereocenters. The lowest BCUT2D eigenvalue weighted by atomic mass is 10.1. The fourth-order valence-electron chi connectivity index (χ4n) is 4.10. The maximum Gasteiger partial charge on any atom is 0.260 e. The van der Waals surface area contributed by atoms with Gasteiger partial charge in [0.05, 0.1) is 16.8 Å². The van der Waals surface area contributed by atoms with Gasteiger partial charge in [0.15, 0.2) is 5.82 Å². The Kier molecular flexibility index (Phi) is 6.53. The van der Waals surface area contributed by atoms with Gasteiger partial charge in [-0.3, -0.25) is 14.9 Å². The van der Waals surface area contributed by atoms with Crippen molar-refractivity contribution in [3.8, 4) is 11.5 Å². The summed E-state index contributed by atoms with van der Waals surface area (Å²) in [6, 6.07) is 26.5. The normalized spacial score (nSPS) is 11.4. The van der Waals surface area contributed by atoms with Crippen molar-refractivity contribution in [3.63, 3.8) is 0 Å². The lowest BCUT2D eigenvalue weighted by Crippen LogP contribution is -2.13. The molecule has 38 heavy (non-hydrogen) atoms. The highest BCUT2D eigenvalue weighted by Crippen LogP contribution is 2.31. The number of benzene rings is 4. The number of para-hydroxylation sites is 1. The van der Waals surface area contributed by atoms with Gasteiger partial charge in [0.1, 0.15) is 11.5 Å². The Labute approximate surface area is 234 Å². The summed E-state index contributed by atoms with van der Waals surface area (Å²) >= 11 is 6.90. The highest BCUT2D eigenvalue weighted by Gasteiger charge is 2.17. The summed E-state index contributed by atoms with van der Waals surface area (Å²) < 4.78 is 7.78. The molecule has 0 saturated heterocycles. The number of amides is 1. The van der Waals surface area contributed by atoms with E-state index in [1.165, 1.54) is 0 Å². The number of nitrogens with zero attached hydrogens (tertiary/aromatic N) is 2. The van der Waals surface area contributed by atoms with E-state index in [1.807, 2.05) is 79.1 Å². The number of aliphatic imine (C=N–C) groups is 1. The van der Waals surface area contributed by atoms with Crippen molar-refractivity contribution in [2.75, 3.05) is 5.32 Å². The number of halogens is 2. The molecule has 0 radical (unpaired) electrons. The summed E-state index contributed by atoms with van der Waals surface area (Å²) in [5, 5.41) is 12.0. The number of nitrogens with one attached hydrogen (secondary N) is 3. The van der Waals surface area contributed by atoms with Gasteiger partial charge in [-0.2, -0.15) is 5.10 Å². The van der Waals surface area contributed by atoms with Gasteiger partial charge in [-0.25, -0.2) is 0 Å². The van der Waals surface area contributed by atoms with E-state index >= 15 is 0 Å². The molecule has 6 rings (SSSR count). The molecule has 0 aliphatic heterocycles. The van der Waals surface area contributed by atoms with E-state index in [2.05, 4.69) is 63.4 Å². The van der Waals surface area contributed by atoms with Crippen LogP contribution in [-0.2, 0) is 0 Å². The SMILES string of the molecule is O=C(Nc1n[nH]c2cc(Br)ccc12)c1cc(Br)ccc1Oc1ccc(N=Cc2c[nH]c3ccccc23)cc1. The molecular formula is C29H19Br2N5O2. The second-order valence-electron chi connectivity index (χ2n) is 8.50. The Hall–Kier alpha value is -4.21. The molecule has 186 valence electrons. The zero-order valence-electron chi connectivity index (χ0n) is 19.7. The van der Waals surface area contributed by atoms with E-state index in [0.717, 1.165) is 42.0 Å². The molecule has 9 heteroatoms. The number of hydrogen-bond donors (Lipinski definition) is 3. The highest BCUT2D eigenvalue weighted by molar-refractivity contribution is 9.10. The lowest BCUT2D eigenvalue weighted by molar-refractivity contribution is 0.102. The van der Waals surface area contributed by atoms with Gasteiger partial charge in [0.2, 0.25) is 0 Å². The number of carbonyl (C=O) groups excluding carboxylic acids is 1. The molecule has 0 atom stereocenters. The first kappa shape index (κ1) is 24.1. The van der Waals surface area contributed by atoms with Crippen molar-refractivity contribution < 1.29 is 9.53 Å². The summed E-state index contributed by atoms with van der Waals surface area (Å²) in [4.78, 5) is 21.1. The van der Waals surface area contributed by atoms with E-state index in [0.29, 0.717) is 22.9 Å². The minimum atomic E-state index is -0.336. The third-order valence-electron chi connectivity index (χ3n) is 5.98. The van der Waals surface area contributed by atoms with Crippen LogP contribution in [0.15, 0.2) is 105 Å². The van der Waals surface area contributed by atoms with E-state index in [-0.39, 0.29) is 5.91 Å². The predicted molar refractivity (Wildman–Crippen MR) is 158 cm³/mol. The van der Waals surface area contributed by atoms with Crippen LogP contribution in [0.1, 0.15) is 15.9 Å². The van der Waals surface area contributed by atoms with Crippen LogP contribution in [0.5, 0.6) is 11.5 Å². The van der Waals surface area contributed by atoms with Gasteiger partial charge < -0.3 is 15.0 Å². The molecule has 0 bridgehead atoms. The maximum absolute atomic E-state index is 13.2. The summed E-state index contributed by atoms with van der Waals surface area (Å²) in [7, 11) is 0. The molecule has 0 spiro atoms. The van der Waals surface area contributed by atoms with Crippen LogP contribution in [0.4, 0.5) is 11.5 Å². The van der Waals surface area contributed by atoms with Crippen LogP contribution in [0.2, 0.25) is 0 Å². The third kappa shape index (κ3) is 4.98. The number of ether oxygens (including phenoxy) is 1. The minimum Gasteiger partial charge on any atom is -0.457 e. The first-order valence-electron chi connectivity index (χ1n) is 11.7. The van der Waals surface area contributed by atoms with Gasteiger partial charge in [-0.1, -0.05) is 50.1 Å². The molecule has 2 aromatic heterocycles. The smallest absolute Gasteiger partial charge is 0.260 e. The second kappa shape index (κ2) is 10.3. The summed E-state index contributed by atoms with van der Waals surface area (Å²) in [6.07, 6.45) is 3.78. The van der Waals surface area contributed by atoms with Gasteiger partial charge >= 0.3 is 0 Å². The molecule has 2 heterocycles. The second-order valence-corrected chi connectivity index (χ2v) is 10.3. The predicted octanol–water partition coefficient (Wildman–Crippen LogP) is 8.36. The van der Waals surface area contributed by atoms with E-state index in [1.54, 1.807) is 12.1 Å². The number of H-pyrrole nitrogens is 2. The number of aromatic amines is 2. The summed E-state index contributed by atoms with van der Waals surface area (Å²) in [5.41, 5.74) is 4.06. The fraction of sp³-hybridized carbons (Fsp3) is 0. The monoisotopic (exact) mass is 627 g/mol. The van der Waals surface area contributed by atoms with Crippen molar-refractivity contribution in [3.05, 3.63) is 111 Å². The summed E-state index contributed by atoms with van der Waals surface area (Å²) in [5.74, 6) is 1.12. The van der Waals surface area contributed by atoms with E-state index < -0.39 is 0 Å². The van der Waals surface area contributed by atoms with Gasteiger partial charge in [-0.05, 0) is 66.7 Å². The number of rotatable bonds is 6. The molecule has 6 aromatic rings. The van der Waals surface area contributed by atoms with Crippen LogP contribution in [0, 0.1) is 0 Å². The Bertz CT molecular complexity index is 1820. The van der Waals surface area contributed by atoms with Gasteiger partial charge in [-0.15, -0.1) is 0 Å². The van der Waals surface area contributed by atoms with Crippen molar-refractivity contribution >= 4 is 77.3 Å². The van der Waals surface area contributed by atoms with E-state index in [9.17, 15) is 4.79 Å². The van der Waals surface area contributed by atoms with Crippen molar-refractivity contribution in [2.45, 2.75) is 0 Å². The lowest BCUT2D eigenvalue weighted by Gasteiger charge is -2.12. The van der Waals surface area contributed by atoms with Crippen molar-refractivity contribution in [2.24, 2.45) is 4.99 Å². The largest absolute Gasteiger partial charge is 0.457 e. The number of anilines is 1. The molecular weight excluding hydrogens is 610 g/mol. The molecule has 7 nitrogen and oxygen atoms in total. The molecule has 0 fully saturated rings. The molecule has 0 aliphatic carbocycles. The average molecular weight is 629 g/mol. The standard InChI is InChI=1S/C29H19Br2N5O2/c30-18-6-12-27(24(13-18)29(37)34-28-23-11-5-19(31)14-26(23)35-36-28)38-21-9-7-20(8-10-21)32-15-17-16-33-25-4-2-1-3-22(17)25/h1-16,33H,(H2,34,35,36,37). The molecule has 0 aliphatic rings. The number of aromatic nitrogens is 3. The average Bonchev–Trinajstić information content (AvgIpc) is 3.53. The van der Waals surface area contributed by atoms with Crippen molar-refractivity contribution in [1.82, 2.24) is 15.2 Å². The first-order chi connectivity index (χ1) is 18.5. The Balaban J connectivity index is 1.20. The molecule has 4 aromatic carbocycles. The number of hydrogen-bond acceptors (Lipinski definition) is 4. The number of carbonyl (C=O) groups is 1. The topological polar surface area (TPSA) is 95.2 Å². The Morgan fingerprint density at radius 3 is 2.55 bits per heavy atom. The van der Waals surface area contributed by atoms with Crippen molar-refractivity contribution in [1.29, 1.82) is 0 Å². The van der Waals surface area contributed by atoms with Crippen LogP contribution in [0.25, 0.3) is 21.8 Å². The van der Waals surface area contributed by atoms with Gasteiger partial charge in [0, 0.05) is 43.2 Å². The molecule has 3 N–H and O–H groups in total. The minimum absolute atomic E-state index is 0.336. The highest BCUT2D eigenvalue weighted by atomic mass is 79.9. The van der Waals surface area contributed by atoms with Crippen LogP contribution in [-0.4, -0.2) is 27.3 Å². The van der Waals surface area contributed by atoms with E-state index in [4.69, 9.17) is 4.74 Å². The quantitative estimate of drug-likeness (QED) is 0.162. The maximum atomic E-state index is 13.2. The zero-order chi connectivity index (χ0) is 26.1. The molecule has 0 saturated carbocycles. The van der Waals surface area contributed by atoms with Crippen LogP contribution < -0.4 is 10.1 Å². The van der Waals surface area contributed by atoms with Gasteiger partial charge in [0.25, 0.3) is 5.91 Å². The Morgan fingerprint density at radius 2 is 1.68 bits per heavy atom.